The first kappa shape index (κ1) is 26.0. The molecule has 9 heteroatoms. The average Bonchev–Trinajstić information content (AvgIpc) is 3.24. The van der Waals surface area contributed by atoms with Gasteiger partial charge in [-0.1, -0.05) is 29.8 Å². The number of likely N-dealkylation sites (tertiary alicyclic amines) is 1. The summed E-state index contributed by atoms with van der Waals surface area (Å²) in [7, 11) is 2.04. The van der Waals surface area contributed by atoms with E-state index >= 15 is 0 Å². The number of benzene rings is 2. The number of aromatic nitrogens is 3. The maximum Gasteiger partial charge on any atom is 0.213 e. The quantitative estimate of drug-likeness (QED) is 0.246. The van der Waals surface area contributed by atoms with Crippen molar-refractivity contribution in [3.05, 3.63) is 82.5 Å². The van der Waals surface area contributed by atoms with Gasteiger partial charge in [-0.25, -0.2) is 18.7 Å². The molecule has 204 valence electrons. The molecule has 2 aromatic heterocycles. The first-order chi connectivity index (χ1) is 18.9. The van der Waals surface area contributed by atoms with Crippen molar-refractivity contribution >= 4 is 22.6 Å². The molecule has 1 aliphatic heterocycles. The molecule has 4 aromatic rings. The smallest absolute Gasteiger partial charge is 0.213 e. The van der Waals surface area contributed by atoms with Gasteiger partial charge in [0.25, 0.3) is 0 Å². The van der Waals surface area contributed by atoms with Gasteiger partial charge in [0.2, 0.25) is 5.88 Å². The second-order valence-corrected chi connectivity index (χ2v) is 10.9. The van der Waals surface area contributed by atoms with Crippen LogP contribution in [-0.4, -0.2) is 44.8 Å². The summed E-state index contributed by atoms with van der Waals surface area (Å²) in [5.74, 6) is 2.16. The lowest BCUT2D eigenvalue weighted by Crippen LogP contribution is -2.34. The minimum absolute atomic E-state index is 0.0637. The van der Waals surface area contributed by atoms with Crippen molar-refractivity contribution in [3.8, 4) is 11.6 Å². The number of hydrogen-bond donors (Lipinski definition) is 0. The molecule has 2 fully saturated rings. The number of alkyl halides is 1. The fourth-order valence-corrected chi connectivity index (χ4v) is 5.53. The average molecular weight is 553 g/mol. The summed E-state index contributed by atoms with van der Waals surface area (Å²) < 4.78 is 41.3. The van der Waals surface area contributed by atoms with Crippen LogP contribution in [-0.2, 0) is 20.2 Å². The summed E-state index contributed by atoms with van der Waals surface area (Å²) in [4.78, 5) is 12.1. The van der Waals surface area contributed by atoms with E-state index in [1.165, 1.54) is 6.07 Å². The molecule has 0 unspecified atom stereocenters. The van der Waals surface area contributed by atoms with E-state index in [1.807, 2.05) is 37.4 Å². The van der Waals surface area contributed by atoms with E-state index in [1.54, 1.807) is 18.2 Å². The molecule has 0 spiro atoms. The molecule has 0 amide bonds. The van der Waals surface area contributed by atoms with Gasteiger partial charge in [0.1, 0.15) is 41.8 Å². The lowest BCUT2D eigenvalue weighted by atomic mass is 9.93. The molecule has 1 aliphatic carbocycles. The number of pyridine rings is 1. The Hall–Kier alpha value is -3.23. The van der Waals surface area contributed by atoms with Crippen LogP contribution in [0, 0.1) is 5.82 Å². The third-order valence-corrected chi connectivity index (χ3v) is 8.04. The number of ether oxygens (including phenoxy) is 2. The number of piperidine rings is 1. The summed E-state index contributed by atoms with van der Waals surface area (Å²) in [5.41, 5.74) is 3.30. The maximum atomic E-state index is 14.1. The molecule has 1 saturated heterocycles. The zero-order valence-corrected chi connectivity index (χ0v) is 22.6. The van der Waals surface area contributed by atoms with Crippen molar-refractivity contribution in [2.24, 2.45) is 7.05 Å². The molecule has 6 rings (SSSR count). The molecular weight excluding hydrogens is 522 g/mol. The minimum atomic E-state index is -0.749. The molecule has 0 atom stereocenters. The molecule has 0 radical (unpaired) electrons. The lowest BCUT2D eigenvalue weighted by Gasteiger charge is -2.31. The van der Waals surface area contributed by atoms with E-state index in [2.05, 4.69) is 9.47 Å². The molecule has 2 aliphatic rings. The molecule has 1 saturated carbocycles. The highest BCUT2D eigenvalue weighted by atomic mass is 35.5. The zero-order valence-electron chi connectivity index (χ0n) is 21.8. The van der Waals surface area contributed by atoms with Crippen LogP contribution in [0.25, 0.3) is 11.0 Å². The topological polar surface area (TPSA) is 52.4 Å². The highest BCUT2D eigenvalue weighted by molar-refractivity contribution is 6.30. The number of hydrogen-bond acceptors (Lipinski definition) is 5. The van der Waals surface area contributed by atoms with E-state index in [0.29, 0.717) is 35.2 Å². The Morgan fingerprint density at radius 3 is 2.59 bits per heavy atom. The van der Waals surface area contributed by atoms with Crippen LogP contribution in [0.15, 0.2) is 54.6 Å². The second kappa shape index (κ2) is 11.1. The molecule has 2 aromatic carbocycles. The standard InChI is InChI=1S/C30H31ClF2N4O2/c1-36-26-5-3-6-27(39-23-15-22(32)16-23)30(26)35-28(36)17-37-12-10-19(11-13-37)25-4-2-7-29(34-25)38-18-20-8-9-21(31)14-24(20)33/h2-9,14,19,22-23H,10-13,15-18H2,1H3. The zero-order chi connectivity index (χ0) is 26.9. The Labute approximate surface area is 231 Å². The number of rotatable bonds is 8. The number of fused-ring (bicyclic) bond motifs is 1. The monoisotopic (exact) mass is 552 g/mol. The number of aryl methyl sites for hydroxylation is 1. The van der Waals surface area contributed by atoms with Crippen molar-refractivity contribution < 1.29 is 18.3 Å². The van der Waals surface area contributed by atoms with Crippen molar-refractivity contribution in [3.63, 3.8) is 0 Å². The molecule has 6 nitrogen and oxygen atoms in total. The summed E-state index contributed by atoms with van der Waals surface area (Å²) >= 11 is 5.84. The molecule has 0 bridgehead atoms. The summed E-state index contributed by atoms with van der Waals surface area (Å²) in [6.45, 7) is 2.70. The summed E-state index contributed by atoms with van der Waals surface area (Å²) in [6.07, 6.45) is 2.05. The SMILES string of the molecule is Cn1c(CN2CCC(c3cccc(OCc4ccc(Cl)cc4F)n3)CC2)nc2c(OC3CC(F)C3)cccc21. The van der Waals surface area contributed by atoms with Gasteiger partial charge in [-0.2, -0.15) is 0 Å². The number of halogens is 3. The van der Waals surface area contributed by atoms with E-state index in [4.69, 9.17) is 31.0 Å². The third-order valence-electron chi connectivity index (χ3n) is 7.80. The van der Waals surface area contributed by atoms with Gasteiger partial charge < -0.3 is 14.0 Å². The van der Waals surface area contributed by atoms with Gasteiger partial charge in [-0.15, -0.1) is 0 Å². The Morgan fingerprint density at radius 2 is 1.82 bits per heavy atom. The van der Waals surface area contributed by atoms with Crippen LogP contribution >= 0.6 is 11.6 Å². The van der Waals surface area contributed by atoms with Crippen molar-refractivity contribution in [1.82, 2.24) is 19.4 Å². The first-order valence-electron chi connectivity index (χ1n) is 13.4. The predicted octanol–water partition coefficient (Wildman–Crippen LogP) is 6.60. The Balaban J connectivity index is 1.06. The van der Waals surface area contributed by atoms with Crippen LogP contribution in [0.2, 0.25) is 5.02 Å². The molecular formula is C30H31ClF2N4O2. The number of para-hydroxylation sites is 1. The van der Waals surface area contributed by atoms with E-state index in [9.17, 15) is 8.78 Å². The number of imidazole rings is 1. The van der Waals surface area contributed by atoms with Gasteiger partial charge in [0, 0.05) is 48.2 Å². The van der Waals surface area contributed by atoms with Crippen LogP contribution in [0.4, 0.5) is 8.78 Å². The highest BCUT2D eigenvalue weighted by Gasteiger charge is 2.31. The van der Waals surface area contributed by atoms with Crippen molar-refractivity contribution in [2.75, 3.05) is 13.1 Å². The van der Waals surface area contributed by atoms with Crippen LogP contribution in [0.1, 0.15) is 48.7 Å². The number of nitrogens with zero attached hydrogens (tertiary/aromatic N) is 4. The van der Waals surface area contributed by atoms with Crippen molar-refractivity contribution in [1.29, 1.82) is 0 Å². The molecule has 0 N–H and O–H groups in total. The normalized spacial score (nSPS) is 20.2. The van der Waals surface area contributed by atoms with Gasteiger partial charge in [-0.3, -0.25) is 4.90 Å². The Morgan fingerprint density at radius 1 is 1.03 bits per heavy atom. The predicted molar refractivity (Wildman–Crippen MR) is 146 cm³/mol. The van der Waals surface area contributed by atoms with Crippen molar-refractivity contribution in [2.45, 2.75) is 57.0 Å². The first-order valence-corrected chi connectivity index (χ1v) is 13.8. The van der Waals surface area contributed by atoms with Gasteiger partial charge in [-0.05, 0) is 56.3 Å². The summed E-state index contributed by atoms with van der Waals surface area (Å²) in [6, 6.07) is 16.3. The minimum Gasteiger partial charge on any atom is -0.488 e. The lowest BCUT2D eigenvalue weighted by molar-refractivity contribution is 0.0419. The third kappa shape index (κ3) is 5.72. The van der Waals surface area contributed by atoms with Crippen LogP contribution < -0.4 is 9.47 Å². The van der Waals surface area contributed by atoms with Crippen LogP contribution in [0.3, 0.4) is 0 Å². The summed E-state index contributed by atoms with van der Waals surface area (Å²) in [5, 5.41) is 0.360. The van der Waals surface area contributed by atoms with Gasteiger partial charge >= 0.3 is 0 Å². The largest absolute Gasteiger partial charge is 0.488 e. The fraction of sp³-hybridized carbons (Fsp3) is 0.400. The van der Waals surface area contributed by atoms with Gasteiger partial charge in [0.15, 0.2) is 0 Å². The maximum absolute atomic E-state index is 14.1. The van der Waals surface area contributed by atoms with Crippen LogP contribution in [0.5, 0.6) is 11.6 Å². The second-order valence-electron chi connectivity index (χ2n) is 10.5. The Bertz CT molecular complexity index is 1460. The fourth-order valence-electron chi connectivity index (χ4n) is 5.37. The van der Waals surface area contributed by atoms with E-state index in [-0.39, 0.29) is 18.5 Å². The molecule has 39 heavy (non-hydrogen) atoms. The van der Waals surface area contributed by atoms with E-state index < -0.39 is 6.17 Å². The molecule has 3 heterocycles. The van der Waals surface area contributed by atoms with E-state index in [0.717, 1.165) is 60.8 Å². The highest BCUT2D eigenvalue weighted by Crippen LogP contribution is 2.33. The Kier molecular flexibility index (Phi) is 7.40. The van der Waals surface area contributed by atoms with Gasteiger partial charge in [0.05, 0.1) is 12.1 Å².